The summed E-state index contributed by atoms with van der Waals surface area (Å²) in [6.45, 7) is 3.74. The quantitative estimate of drug-likeness (QED) is 0.515. The normalized spacial score (nSPS) is 9.40. The summed E-state index contributed by atoms with van der Waals surface area (Å²) in [6, 6.07) is 6.63. The van der Waals surface area contributed by atoms with Gasteiger partial charge in [-0.05, 0) is 24.3 Å². The summed E-state index contributed by atoms with van der Waals surface area (Å²) in [6.07, 6.45) is 1.52. The molecule has 0 heterocycles. The first kappa shape index (κ1) is 11.7. The molecule has 0 aliphatic carbocycles. The average Bonchev–Trinajstić information content (AvgIpc) is 2.26. The molecule has 0 aliphatic rings. The van der Waals surface area contributed by atoms with E-state index in [1.807, 2.05) is 0 Å². The lowest BCUT2D eigenvalue weighted by molar-refractivity contribution is -0.116. The van der Waals surface area contributed by atoms with Crippen LogP contribution in [0.5, 0.6) is 0 Å². The van der Waals surface area contributed by atoms with Gasteiger partial charge >= 0.3 is 0 Å². The maximum atomic E-state index is 11.5. The third-order valence-electron chi connectivity index (χ3n) is 1.72. The molecule has 0 radical (unpaired) electrons. The van der Waals surface area contributed by atoms with Crippen molar-refractivity contribution in [2.24, 2.45) is 0 Å². The highest BCUT2D eigenvalue weighted by Crippen LogP contribution is 2.10. The van der Waals surface area contributed by atoms with Gasteiger partial charge in [-0.15, -0.1) is 6.58 Å². The minimum absolute atomic E-state index is 0.293. The SMILES string of the molecule is C=CCNC(=O)C(=O)c1ccc(Br)cc1. The van der Waals surface area contributed by atoms with Crippen LogP contribution in [0.2, 0.25) is 0 Å². The average molecular weight is 268 g/mol. The number of ketones is 1. The highest BCUT2D eigenvalue weighted by molar-refractivity contribution is 9.10. The lowest BCUT2D eigenvalue weighted by Crippen LogP contribution is -2.30. The summed E-state index contributed by atoms with van der Waals surface area (Å²) < 4.78 is 0.866. The predicted molar refractivity (Wildman–Crippen MR) is 61.7 cm³/mol. The Bertz CT molecular complexity index is 384. The van der Waals surface area contributed by atoms with Crippen LogP contribution < -0.4 is 5.32 Å². The third-order valence-corrected chi connectivity index (χ3v) is 2.25. The maximum absolute atomic E-state index is 11.5. The Kier molecular flexibility index (Phi) is 4.24. The number of hydrogen-bond acceptors (Lipinski definition) is 2. The number of Topliss-reactive ketones (excluding diaryl/α,β-unsaturated/α-hetero) is 1. The van der Waals surface area contributed by atoms with E-state index in [1.165, 1.54) is 6.08 Å². The maximum Gasteiger partial charge on any atom is 0.292 e. The van der Waals surface area contributed by atoms with Gasteiger partial charge in [0.05, 0.1) is 0 Å². The summed E-state index contributed by atoms with van der Waals surface area (Å²) in [7, 11) is 0. The molecule has 1 amide bonds. The molecule has 1 rings (SSSR count). The van der Waals surface area contributed by atoms with Crippen molar-refractivity contribution in [3.05, 3.63) is 47.0 Å². The molecule has 1 aromatic carbocycles. The molecule has 0 aromatic heterocycles. The van der Waals surface area contributed by atoms with Crippen molar-refractivity contribution in [3.8, 4) is 0 Å². The van der Waals surface area contributed by atoms with Crippen LogP contribution in [0.25, 0.3) is 0 Å². The molecule has 78 valence electrons. The summed E-state index contributed by atoms with van der Waals surface area (Å²) in [4.78, 5) is 22.8. The minimum Gasteiger partial charge on any atom is -0.346 e. The van der Waals surface area contributed by atoms with Crippen molar-refractivity contribution in [1.29, 1.82) is 0 Å². The van der Waals surface area contributed by atoms with Crippen LogP contribution >= 0.6 is 15.9 Å². The molecule has 1 aromatic rings. The Labute approximate surface area is 96.3 Å². The molecular formula is C11H10BrNO2. The summed E-state index contributed by atoms with van der Waals surface area (Å²) in [5.41, 5.74) is 0.375. The zero-order chi connectivity index (χ0) is 11.3. The Morgan fingerprint density at radius 3 is 2.47 bits per heavy atom. The second kappa shape index (κ2) is 5.46. The molecule has 0 atom stereocenters. The van der Waals surface area contributed by atoms with E-state index in [2.05, 4.69) is 27.8 Å². The molecular weight excluding hydrogens is 258 g/mol. The largest absolute Gasteiger partial charge is 0.346 e. The van der Waals surface area contributed by atoms with Gasteiger partial charge in [-0.2, -0.15) is 0 Å². The number of benzene rings is 1. The standard InChI is InChI=1S/C11H10BrNO2/c1-2-7-13-11(15)10(14)8-3-5-9(12)6-4-8/h2-6H,1,7H2,(H,13,15). The molecule has 3 nitrogen and oxygen atoms in total. The lowest BCUT2D eigenvalue weighted by Gasteiger charge is -2.01. The first-order valence-corrected chi connectivity index (χ1v) is 5.13. The summed E-state index contributed by atoms with van der Waals surface area (Å²) in [5.74, 6) is -1.15. The van der Waals surface area contributed by atoms with Crippen molar-refractivity contribution in [3.63, 3.8) is 0 Å². The van der Waals surface area contributed by atoms with E-state index in [0.29, 0.717) is 12.1 Å². The summed E-state index contributed by atoms with van der Waals surface area (Å²) >= 11 is 3.25. The number of hydrogen-bond donors (Lipinski definition) is 1. The molecule has 0 bridgehead atoms. The van der Waals surface area contributed by atoms with Crippen molar-refractivity contribution in [2.75, 3.05) is 6.54 Å². The number of carbonyl (C=O) groups is 2. The van der Waals surface area contributed by atoms with Gasteiger partial charge in [0.2, 0.25) is 5.78 Å². The molecule has 0 saturated carbocycles. The molecule has 0 spiro atoms. The Hall–Kier alpha value is -1.42. The van der Waals surface area contributed by atoms with Crippen molar-refractivity contribution >= 4 is 27.6 Å². The van der Waals surface area contributed by atoms with E-state index in [4.69, 9.17) is 0 Å². The summed E-state index contributed by atoms with van der Waals surface area (Å²) in [5, 5.41) is 2.43. The van der Waals surface area contributed by atoms with E-state index in [0.717, 1.165) is 4.47 Å². The molecule has 0 aliphatic heterocycles. The highest BCUT2D eigenvalue weighted by atomic mass is 79.9. The fourth-order valence-electron chi connectivity index (χ4n) is 0.978. The fourth-order valence-corrected chi connectivity index (χ4v) is 1.24. The van der Waals surface area contributed by atoms with Gasteiger partial charge in [-0.1, -0.05) is 22.0 Å². The highest BCUT2D eigenvalue weighted by Gasteiger charge is 2.14. The number of carbonyl (C=O) groups excluding carboxylic acids is 2. The van der Waals surface area contributed by atoms with Crippen LogP contribution in [-0.2, 0) is 4.79 Å². The van der Waals surface area contributed by atoms with Crippen molar-refractivity contribution in [2.45, 2.75) is 0 Å². The first-order chi connectivity index (χ1) is 7.15. The van der Waals surface area contributed by atoms with Gasteiger partial charge in [0.1, 0.15) is 0 Å². The van der Waals surface area contributed by atoms with Crippen LogP contribution in [-0.4, -0.2) is 18.2 Å². The smallest absolute Gasteiger partial charge is 0.292 e. The predicted octanol–water partition coefficient (Wildman–Crippen LogP) is 1.93. The first-order valence-electron chi connectivity index (χ1n) is 4.34. The number of nitrogens with one attached hydrogen (secondary N) is 1. The zero-order valence-corrected chi connectivity index (χ0v) is 9.58. The number of amides is 1. The molecule has 0 fully saturated rings. The second-order valence-electron chi connectivity index (χ2n) is 2.83. The van der Waals surface area contributed by atoms with Crippen LogP contribution in [0, 0.1) is 0 Å². The van der Waals surface area contributed by atoms with E-state index >= 15 is 0 Å². The molecule has 1 N–H and O–H groups in total. The van der Waals surface area contributed by atoms with Crippen LogP contribution in [0.1, 0.15) is 10.4 Å². The van der Waals surface area contributed by atoms with E-state index in [1.54, 1.807) is 24.3 Å². The van der Waals surface area contributed by atoms with Gasteiger partial charge < -0.3 is 5.32 Å². The minimum atomic E-state index is -0.614. The topological polar surface area (TPSA) is 46.2 Å². The van der Waals surface area contributed by atoms with Crippen LogP contribution in [0.4, 0.5) is 0 Å². The molecule has 4 heteroatoms. The van der Waals surface area contributed by atoms with Crippen molar-refractivity contribution < 1.29 is 9.59 Å². The van der Waals surface area contributed by atoms with Crippen LogP contribution in [0.15, 0.2) is 41.4 Å². The van der Waals surface area contributed by atoms with Crippen molar-refractivity contribution in [1.82, 2.24) is 5.32 Å². The van der Waals surface area contributed by atoms with E-state index in [-0.39, 0.29) is 0 Å². The Morgan fingerprint density at radius 2 is 1.93 bits per heavy atom. The molecule has 0 saturated heterocycles. The fraction of sp³-hybridized carbons (Fsp3) is 0.0909. The second-order valence-corrected chi connectivity index (χ2v) is 3.75. The Balaban J connectivity index is 2.72. The molecule has 0 unspecified atom stereocenters. The monoisotopic (exact) mass is 267 g/mol. The third kappa shape index (κ3) is 3.32. The lowest BCUT2D eigenvalue weighted by atomic mass is 10.1. The zero-order valence-electron chi connectivity index (χ0n) is 8.00. The van der Waals surface area contributed by atoms with E-state index < -0.39 is 11.7 Å². The molecule has 15 heavy (non-hydrogen) atoms. The van der Waals surface area contributed by atoms with Gasteiger partial charge in [0, 0.05) is 16.6 Å². The number of halogens is 1. The Morgan fingerprint density at radius 1 is 1.33 bits per heavy atom. The van der Waals surface area contributed by atoms with Gasteiger partial charge in [-0.25, -0.2) is 0 Å². The number of rotatable bonds is 4. The van der Waals surface area contributed by atoms with Gasteiger partial charge in [0.15, 0.2) is 0 Å². The van der Waals surface area contributed by atoms with Crippen LogP contribution in [0.3, 0.4) is 0 Å². The van der Waals surface area contributed by atoms with Gasteiger partial charge in [0.25, 0.3) is 5.91 Å². The van der Waals surface area contributed by atoms with E-state index in [9.17, 15) is 9.59 Å². The van der Waals surface area contributed by atoms with Gasteiger partial charge in [-0.3, -0.25) is 9.59 Å².